The molecule has 0 amide bonds. The van der Waals surface area contributed by atoms with Gasteiger partial charge in [0.1, 0.15) is 23.0 Å². The van der Waals surface area contributed by atoms with Gasteiger partial charge in [-0.2, -0.15) is 0 Å². The molecular formula is C116H70N4O2. The van der Waals surface area contributed by atoms with Crippen molar-refractivity contribution in [3.63, 3.8) is 0 Å². The van der Waals surface area contributed by atoms with Crippen molar-refractivity contribution in [2.24, 2.45) is 0 Å². The predicted octanol–water partition coefficient (Wildman–Crippen LogP) is 29.6. The first-order chi connectivity index (χ1) is 60.5. The van der Waals surface area contributed by atoms with Gasteiger partial charge in [-0.1, -0.05) is 334 Å². The SMILES string of the molecule is c1ccc(-c2cc(-c3ccc(-c4cccc(-c5cccc6c5-c5ccccc5C65c6ccccc6Oc6cc7c(cc65)c5c6ccccc6ccc5n7-c5cccc(-c6cc(-c7ccccc7)nc(-c7ccccc7)n6)c5)c4)cc3)cc(-n3c4cc5c(cc4c4c6ccccc6ccc43)C3(c4ccccc4O5)c4ccccc4-c4ccccc43)c2)cc1. The van der Waals surface area contributed by atoms with E-state index in [1.165, 1.54) is 87.8 Å². The second kappa shape index (κ2) is 26.2. The molecule has 26 rings (SSSR count). The molecule has 1 unspecified atom stereocenters. The summed E-state index contributed by atoms with van der Waals surface area (Å²) in [4.78, 5) is 10.5. The quantitative estimate of drug-likeness (QED) is 0.145. The summed E-state index contributed by atoms with van der Waals surface area (Å²) in [6.45, 7) is 0. The Morgan fingerprint density at radius 3 is 1.20 bits per heavy atom. The van der Waals surface area contributed by atoms with Crippen LogP contribution in [-0.4, -0.2) is 19.1 Å². The number of rotatable bonds is 9. The van der Waals surface area contributed by atoms with Gasteiger partial charge in [-0.25, -0.2) is 9.97 Å². The smallest absolute Gasteiger partial charge is 0.160 e. The molecule has 0 fully saturated rings. The second-order valence-corrected chi connectivity index (χ2v) is 32.9. The normalized spacial score (nSPS) is 14.1. The maximum absolute atomic E-state index is 7.41. The summed E-state index contributed by atoms with van der Waals surface area (Å²) in [6.07, 6.45) is 0. The van der Waals surface area contributed by atoms with Gasteiger partial charge in [0, 0.05) is 84.0 Å². The van der Waals surface area contributed by atoms with Gasteiger partial charge >= 0.3 is 0 Å². The van der Waals surface area contributed by atoms with E-state index in [2.05, 4.69) is 410 Å². The first kappa shape index (κ1) is 68.1. The summed E-state index contributed by atoms with van der Waals surface area (Å²) in [6, 6.07) is 156. The fourth-order valence-corrected chi connectivity index (χ4v) is 21.5. The largest absolute Gasteiger partial charge is 0.457 e. The monoisotopic (exact) mass is 1550 g/mol. The number of fused-ring (bicyclic) bond motifs is 28. The van der Waals surface area contributed by atoms with E-state index in [-0.39, 0.29) is 0 Å². The fourth-order valence-electron chi connectivity index (χ4n) is 21.5. The van der Waals surface area contributed by atoms with Crippen molar-refractivity contribution in [2.45, 2.75) is 10.8 Å². The first-order valence-corrected chi connectivity index (χ1v) is 42.0. The van der Waals surface area contributed by atoms with Gasteiger partial charge < -0.3 is 18.6 Å². The highest BCUT2D eigenvalue weighted by Crippen LogP contribution is 2.66. The van der Waals surface area contributed by atoms with Crippen LogP contribution >= 0.6 is 0 Å². The average Bonchev–Trinajstić information content (AvgIpc) is 1.50. The van der Waals surface area contributed by atoms with Crippen LogP contribution in [0.3, 0.4) is 0 Å². The zero-order valence-corrected chi connectivity index (χ0v) is 66.0. The molecule has 2 aliphatic carbocycles. The highest BCUT2D eigenvalue weighted by Gasteiger charge is 2.54. The number of aromatic nitrogens is 4. The van der Waals surface area contributed by atoms with E-state index in [4.69, 9.17) is 19.4 Å². The molecule has 6 heteroatoms. The Morgan fingerprint density at radius 1 is 0.205 bits per heavy atom. The Balaban J connectivity index is 0.605. The van der Waals surface area contributed by atoms with E-state index in [0.29, 0.717) is 5.82 Å². The van der Waals surface area contributed by atoms with Gasteiger partial charge in [0.25, 0.3) is 0 Å². The average molecular weight is 1550 g/mol. The molecule has 22 aromatic rings. The minimum absolute atomic E-state index is 0.623. The van der Waals surface area contributed by atoms with Crippen molar-refractivity contribution in [1.29, 1.82) is 0 Å². The highest BCUT2D eigenvalue weighted by atomic mass is 16.5. The van der Waals surface area contributed by atoms with Gasteiger partial charge in [-0.05, 0) is 189 Å². The summed E-state index contributed by atoms with van der Waals surface area (Å²) in [5.74, 6) is 4.04. The standard InChI is InChI=1S/C116H70N4O2/c1-4-27-71(28-5-1)81-62-82(65-84(64-81)120-104-60-58-75-30-11-13-40-86(75)113(104)92-66-99-109(70-106(92)120)121-107-51-22-20-48-96(107)115(99)93-45-17-14-41-88(93)89-42-15-18-46-94(89)115)73-55-53-72(54-56-73)78-35-24-36-79(61-78)87-44-26-50-98-111(87)90-43-16-19-47-95(90)116(98)97-49-21-23-52-108(97)122-110-69-105-91(67-100(110)116)112-85-39-12-10-29-74(85)57-59-103(112)119(105)83-38-25-37-80(63-83)102-68-101(76-31-6-2-7-32-76)117-114(118-102)77-33-8-3-9-34-77/h1-70H. The van der Waals surface area contributed by atoms with Crippen LogP contribution in [0, 0.1) is 0 Å². The van der Waals surface area contributed by atoms with E-state index in [1.54, 1.807) is 0 Å². The maximum Gasteiger partial charge on any atom is 0.160 e. The Labute approximate surface area is 704 Å². The molecule has 19 aromatic carbocycles. The van der Waals surface area contributed by atoms with Crippen LogP contribution in [0.25, 0.3) is 177 Å². The third-order valence-electron chi connectivity index (χ3n) is 26.6. The lowest BCUT2D eigenvalue weighted by Crippen LogP contribution is -2.32. The number of benzene rings is 19. The lowest BCUT2D eigenvalue weighted by Gasteiger charge is -2.39. The number of ether oxygens (including phenoxy) is 2. The Kier molecular flexibility index (Phi) is 14.6. The lowest BCUT2D eigenvalue weighted by molar-refractivity contribution is 0.437. The van der Waals surface area contributed by atoms with Gasteiger partial charge in [-0.15, -0.1) is 0 Å². The molecule has 1 atom stereocenters. The van der Waals surface area contributed by atoms with Crippen LogP contribution in [0.4, 0.5) is 0 Å². The Morgan fingerprint density at radius 2 is 0.607 bits per heavy atom. The molecule has 566 valence electrons. The fraction of sp³-hybridized carbons (Fsp3) is 0.0172. The number of hydrogen-bond acceptors (Lipinski definition) is 4. The van der Waals surface area contributed by atoms with Crippen molar-refractivity contribution in [2.75, 3.05) is 0 Å². The lowest BCUT2D eigenvalue weighted by atomic mass is 9.65. The minimum atomic E-state index is -0.777. The molecule has 2 aliphatic heterocycles. The Bertz CT molecular complexity index is 8100. The topological polar surface area (TPSA) is 54.1 Å². The van der Waals surface area contributed by atoms with E-state index < -0.39 is 10.8 Å². The van der Waals surface area contributed by atoms with Crippen molar-refractivity contribution < 1.29 is 9.47 Å². The van der Waals surface area contributed by atoms with Crippen molar-refractivity contribution in [3.8, 4) is 135 Å². The number of hydrogen-bond donors (Lipinski definition) is 0. The molecule has 2 spiro atoms. The minimum Gasteiger partial charge on any atom is -0.457 e. The van der Waals surface area contributed by atoms with Crippen LogP contribution in [0.2, 0.25) is 0 Å². The molecule has 0 saturated heterocycles. The molecule has 5 heterocycles. The van der Waals surface area contributed by atoms with Gasteiger partial charge in [-0.3, -0.25) is 0 Å². The molecule has 0 bridgehead atoms. The molecule has 4 aliphatic rings. The Hall–Kier alpha value is -16.0. The third kappa shape index (κ3) is 9.83. The summed E-state index contributed by atoms with van der Waals surface area (Å²) >= 11 is 0. The number of nitrogens with zero attached hydrogens (tertiary/aromatic N) is 4. The van der Waals surface area contributed by atoms with E-state index in [1.807, 2.05) is 24.3 Å². The van der Waals surface area contributed by atoms with E-state index >= 15 is 0 Å². The summed E-state index contributed by atoms with van der Waals surface area (Å²) in [7, 11) is 0. The van der Waals surface area contributed by atoms with Gasteiger partial charge in [0.05, 0.1) is 44.3 Å². The summed E-state index contributed by atoms with van der Waals surface area (Å²) < 4.78 is 19.6. The van der Waals surface area contributed by atoms with Crippen LogP contribution in [0.5, 0.6) is 23.0 Å². The van der Waals surface area contributed by atoms with E-state index in [0.717, 1.165) is 151 Å². The first-order valence-electron chi connectivity index (χ1n) is 42.0. The third-order valence-corrected chi connectivity index (χ3v) is 26.6. The molecular weight excluding hydrogens is 1480 g/mol. The zero-order chi connectivity index (χ0) is 79.9. The molecule has 122 heavy (non-hydrogen) atoms. The van der Waals surface area contributed by atoms with Crippen LogP contribution in [0.1, 0.15) is 44.5 Å². The molecule has 0 N–H and O–H groups in total. The predicted molar refractivity (Wildman–Crippen MR) is 499 cm³/mol. The van der Waals surface area contributed by atoms with Crippen LogP contribution in [0.15, 0.2) is 425 Å². The molecule has 6 nitrogen and oxygen atoms in total. The van der Waals surface area contributed by atoms with E-state index in [9.17, 15) is 0 Å². The molecule has 3 aromatic heterocycles. The molecule has 0 radical (unpaired) electrons. The van der Waals surface area contributed by atoms with Gasteiger partial charge in [0.2, 0.25) is 0 Å². The summed E-state index contributed by atoms with van der Waals surface area (Å²) in [5, 5.41) is 9.47. The van der Waals surface area contributed by atoms with Crippen molar-refractivity contribution in [1.82, 2.24) is 19.1 Å². The highest BCUT2D eigenvalue weighted by molar-refractivity contribution is 6.24. The summed E-state index contributed by atoms with van der Waals surface area (Å²) in [5.41, 5.74) is 33.2. The number of para-hydroxylation sites is 2. The van der Waals surface area contributed by atoms with Crippen LogP contribution < -0.4 is 9.47 Å². The zero-order valence-electron chi connectivity index (χ0n) is 66.0. The second-order valence-electron chi connectivity index (χ2n) is 32.9. The van der Waals surface area contributed by atoms with Crippen molar-refractivity contribution in [3.05, 3.63) is 469 Å². The van der Waals surface area contributed by atoms with Crippen LogP contribution in [-0.2, 0) is 10.8 Å². The maximum atomic E-state index is 7.41. The van der Waals surface area contributed by atoms with Crippen molar-refractivity contribution >= 4 is 65.2 Å². The molecule has 0 saturated carbocycles. The van der Waals surface area contributed by atoms with Gasteiger partial charge in [0.15, 0.2) is 5.82 Å².